The monoisotopic (exact) mass is 495 g/mol. The Hall–Kier alpha value is -4.86. The molecular formula is C27H25N7O3. The maximum absolute atomic E-state index is 13.5. The van der Waals surface area contributed by atoms with Crippen LogP contribution in [0.4, 0.5) is 0 Å². The quantitative estimate of drug-likeness (QED) is 0.316. The SMILES string of the molecule is CCCCc1cn(-c2ccccc2C(=O)O)c(=O)n1Cc1ccc(-c2ncccc2-c2nn[nH]n2)cc1. The topological polar surface area (TPSA) is 132 Å². The Morgan fingerprint density at radius 3 is 2.59 bits per heavy atom. The molecule has 0 bridgehead atoms. The van der Waals surface area contributed by atoms with Gasteiger partial charge in [-0.2, -0.15) is 5.21 Å². The van der Waals surface area contributed by atoms with E-state index in [9.17, 15) is 14.7 Å². The molecular weight excluding hydrogens is 470 g/mol. The second-order valence-electron chi connectivity index (χ2n) is 8.62. The number of aromatic carboxylic acids is 1. The number of carboxylic acid groups (broad SMARTS) is 1. The van der Waals surface area contributed by atoms with Gasteiger partial charge in [0.05, 0.1) is 23.5 Å². The third kappa shape index (κ3) is 4.81. The number of hydrogen-bond donors (Lipinski definition) is 2. The van der Waals surface area contributed by atoms with Gasteiger partial charge in [0.1, 0.15) is 0 Å². The molecule has 0 unspecified atom stereocenters. The molecule has 0 aliphatic heterocycles. The molecule has 37 heavy (non-hydrogen) atoms. The molecule has 10 nitrogen and oxygen atoms in total. The van der Waals surface area contributed by atoms with Gasteiger partial charge in [-0.1, -0.05) is 49.7 Å². The van der Waals surface area contributed by atoms with Crippen LogP contribution in [0.25, 0.3) is 28.3 Å². The number of unbranched alkanes of at least 4 members (excludes halogenated alkanes) is 1. The maximum Gasteiger partial charge on any atom is 0.337 e. The van der Waals surface area contributed by atoms with Crippen molar-refractivity contribution in [1.82, 2.24) is 34.7 Å². The standard InChI is InChI=1S/C27H25N7O3/c1-2-3-7-20-17-34(23-10-5-4-8-21(23)26(35)36)27(37)33(20)16-18-11-13-19(14-12-18)24-22(9-6-15-28-24)25-29-31-32-30-25/h4-6,8-15,17H,2-3,7,16H2,1H3,(H,35,36)(H,29,30,31,32). The van der Waals surface area contributed by atoms with Gasteiger partial charge in [0, 0.05) is 29.2 Å². The molecule has 2 N–H and O–H groups in total. The zero-order chi connectivity index (χ0) is 25.8. The van der Waals surface area contributed by atoms with Crippen molar-refractivity contribution in [1.29, 1.82) is 0 Å². The van der Waals surface area contributed by atoms with Gasteiger partial charge in [0.2, 0.25) is 5.82 Å². The van der Waals surface area contributed by atoms with E-state index in [1.807, 2.05) is 36.4 Å². The number of aromatic amines is 1. The number of nitrogens with zero attached hydrogens (tertiary/aromatic N) is 6. The van der Waals surface area contributed by atoms with E-state index in [0.717, 1.165) is 40.9 Å². The molecule has 3 heterocycles. The molecule has 0 spiro atoms. The number of carboxylic acids is 1. The lowest BCUT2D eigenvalue weighted by Crippen LogP contribution is -2.25. The van der Waals surface area contributed by atoms with Gasteiger partial charge in [0.25, 0.3) is 0 Å². The number of para-hydroxylation sites is 1. The van der Waals surface area contributed by atoms with E-state index in [1.54, 1.807) is 35.2 Å². The summed E-state index contributed by atoms with van der Waals surface area (Å²) in [5.41, 5.74) is 4.34. The molecule has 0 saturated carbocycles. The summed E-state index contributed by atoms with van der Waals surface area (Å²) in [5, 5.41) is 23.9. The van der Waals surface area contributed by atoms with Crippen LogP contribution >= 0.6 is 0 Å². The van der Waals surface area contributed by atoms with E-state index in [2.05, 4.69) is 32.5 Å². The van der Waals surface area contributed by atoms with Crippen LogP contribution in [-0.2, 0) is 13.0 Å². The van der Waals surface area contributed by atoms with Crippen molar-refractivity contribution in [3.05, 3.63) is 100 Å². The molecule has 5 rings (SSSR count). The minimum Gasteiger partial charge on any atom is -0.478 e. The van der Waals surface area contributed by atoms with Gasteiger partial charge in [-0.25, -0.2) is 9.59 Å². The van der Waals surface area contributed by atoms with E-state index in [0.29, 0.717) is 24.5 Å². The smallest absolute Gasteiger partial charge is 0.337 e. The third-order valence-electron chi connectivity index (χ3n) is 6.20. The third-order valence-corrected chi connectivity index (χ3v) is 6.20. The largest absolute Gasteiger partial charge is 0.478 e. The highest BCUT2D eigenvalue weighted by Gasteiger charge is 2.18. The molecule has 186 valence electrons. The summed E-state index contributed by atoms with van der Waals surface area (Å²) in [4.78, 5) is 29.8. The zero-order valence-corrected chi connectivity index (χ0v) is 20.2. The number of hydrogen-bond acceptors (Lipinski definition) is 6. The van der Waals surface area contributed by atoms with Gasteiger partial charge < -0.3 is 5.11 Å². The number of tetrazole rings is 1. The first-order chi connectivity index (χ1) is 18.1. The van der Waals surface area contributed by atoms with E-state index in [1.165, 1.54) is 10.6 Å². The molecule has 0 aliphatic carbocycles. The maximum atomic E-state index is 13.5. The molecule has 0 atom stereocenters. The molecule has 0 amide bonds. The lowest BCUT2D eigenvalue weighted by atomic mass is 10.0. The van der Waals surface area contributed by atoms with Crippen LogP contribution in [0.15, 0.2) is 77.9 Å². The number of imidazole rings is 1. The summed E-state index contributed by atoms with van der Waals surface area (Å²) in [6.45, 7) is 2.46. The van der Waals surface area contributed by atoms with Gasteiger partial charge in [-0.05, 0) is 47.9 Å². The number of benzene rings is 2. The number of aromatic nitrogens is 7. The number of pyridine rings is 1. The molecule has 0 fully saturated rings. The fourth-order valence-electron chi connectivity index (χ4n) is 4.33. The average Bonchev–Trinajstić information content (AvgIpc) is 3.57. The first kappa shape index (κ1) is 23.9. The molecule has 0 radical (unpaired) electrons. The van der Waals surface area contributed by atoms with Crippen LogP contribution in [0, 0.1) is 0 Å². The molecule has 0 saturated heterocycles. The van der Waals surface area contributed by atoms with Crippen LogP contribution in [0.2, 0.25) is 0 Å². The van der Waals surface area contributed by atoms with E-state index in [4.69, 9.17) is 0 Å². The van der Waals surface area contributed by atoms with Crippen molar-refractivity contribution >= 4 is 5.97 Å². The summed E-state index contributed by atoms with van der Waals surface area (Å²) < 4.78 is 3.16. The van der Waals surface area contributed by atoms with E-state index < -0.39 is 5.97 Å². The molecule has 3 aromatic heterocycles. The minimum absolute atomic E-state index is 0.0842. The van der Waals surface area contributed by atoms with Crippen molar-refractivity contribution in [2.75, 3.05) is 0 Å². The predicted octanol–water partition coefficient (Wildman–Crippen LogP) is 3.97. The van der Waals surface area contributed by atoms with Crippen LogP contribution in [0.1, 0.15) is 41.4 Å². The van der Waals surface area contributed by atoms with Crippen molar-refractivity contribution in [2.24, 2.45) is 0 Å². The van der Waals surface area contributed by atoms with Crippen LogP contribution in [0.3, 0.4) is 0 Å². The second-order valence-corrected chi connectivity index (χ2v) is 8.62. The van der Waals surface area contributed by atoms with Crippen molar-refractivity contribution in [3.63, 3.8) is 0 Å². The first-order valence-electron chi connectivity index (χ1n) is 12.0. The van der Waals surface area contributed by atoms with Crippen LogP contribution in [-0.4, -0.2) is 45.8 Å². The summed E-state index contributed by atoms with van der Waals surface area (Å²) in [6, 6.07) is 18.1. The Morgan fingerprint density at radius 2 is 1.86 bits per heavy atom. The highest BCUT2D eigenvalue weighted by Crippen LogP contribution is 2.27. The fraction of sp³-hybridized carbons (Fsp3) is 0.185. The van der Waals surface area contributed by atoms with E-state index >= 15 is 0 Å². The van der Waals surface area contributed by atoms with Crippen molar-refractivity contribution in [2.45, 2.75) is 32.7 Å². The molecule has 5 aromatic rings. The van der Waals surface area contributed by atoms with E-state index in [-0.39, 0.29) is 11.3 Å². The number of H-pyrrole nitrogens is 1. The normalized spacial score (nSPS) is 11.1. The number of nitrogens with one attached hydrogen (secondary N) is 1. The van der Waals surface area contributed by atoms with Crippen molar-refractivity contribution in [3.8, 4) is 28.3 Å². The summed E-state index contributed by atoms with van der Waals surface area (Å²) in [6.07, 6.45) is 6.09. The Balaban J connectivity index is 1.49. The Bertz CT molecular complexity index is 1590. The number of aryl methyl sites for hydroxylation is 1. The van der Waals surface area contributed by atoms with Gasteiger partial charge >= 0.3 is 11.7 Å². The lowest BCUT2D eigenvalue weighted by Gasteiger charge is -2.09. The molecule has 0 aliphatic rings. The predicted molar refractivity (Wildman–Crippen MR) is 138 cm³/mol. The molecule has 2 aromatic carbocycles. The van der Waals surface area contributed by atoms with Gasteiger partial charge in [-0.15, -0.1) is 10.2 Å². The van der Waals surface area contributed by atoms with Crippen molar-refractivity contribution < 1.29 is 9.90 Å². The van der Waals surface area contributed by atoms with Gasteiger partial charge in [0.15, 0.2) is 0 Å². The van der Waals surface area contributed by atoms with Crippen LogP contribution in [0.5, 0.6) is 0 Å². The Labute approximate surface area is 212 Å². The molecule has 10 heteroatoms. The summed E-state index contributed by atoms with van der Waals surface area (Å²) >= 11 is 0. The summed E-state index contributed by atoms with van der Waals surface area (Å²) in [5.74, 6) is -0.613. The fourth-order valence-corrected chi connectivity index (χ4v) is 4.33. The summed E-state index contributed by atoms with van der Waals surface area (Å²) in [7, 11) is 0. The number of carbonyl (C=O) groups is 1. The lowest BCUT2D eigenvalue weighted by molar-refractivity contribution is 0.0697. The highest BCUT2D eigenvalue weighted by atomic mass is 16.4. The average molecular weight is 496 g/mol. The second kappa shape index (κ2) is 10.4. The zero-order valence-electron chi connectivity index (χ0n) is 20.2. The Kier molecular flexibility index (Phi) is 6.71. The number of rotatable bonds is 9. The highest BCUT2D eigenvalue weighted by molar-refractivity contribution is 5.91. The minimum atomic E-state index is -1.07. The first-order valence-corrected chi connectivity index (χ1v) is 12.0. The van der Waals surface area contributed by atoms with Gasteiger partial charge in [-0.3, -0.25) is 14.1 Å². The Morgan fingerprint density at radius 1 is 1.05 bits per heavy atom. The van der Waals surface area contributed by atoms with Crippen LogP contribution < -0.4 is 5.69 Å².